The molecular formula is C30H38O4. The van der Waals surface area contributed by atoms with Crippen LogP contribution in [0.3, 0.4) is 0 Å². The lowest BCUT2D eigenvalue weighted by Crippen LogP contribution is -2.56. The summed E-state index contributed by atoms with van der Waals surface area (Å²) in [4.78, 5) is 26.9. The van der Waals surface area contributed by atoms with Crippen LogP contribution in [-0.2, 0) is 0 Å². The van der Waals surface area contributed by atoms with Crippen LogP contribution in [0.1, 0.15) is 86.9 Å². The predicted octanol–water partition coefficient (Wildman–Crippen LogP) is 7.05. The monoisotopic (exact) mass is 462 g/mol. The number of benzene rings is 2. The highest BCUT2D eigenvalue weighted by molar-refractivity contribution is 5.99. The van der Waals surface area contributed by atoms with Crippen molar-refractivity contribution in [1.29, 1.82) is 0 Å². The number of hydrogen-bond donors (Lipinski definition) is 2. The molecule has 2 aromatic carbocycles. The number of Topliss-reactive ketones (excluding diaryl/α,β-unsaturated/α-hetero) is 2. The van der Waals surface area contributed by atoms with Crippen LogP contribution in [0.5, 0.6) is 11.5 Å². The maximum absolute atomic E-state index is 14.0. The molecule has 4 heteroatoms. The molecule has 5 atom stereocenters. The summed E-state index contributed by atoms with van der Waals surface area (Å²) in [5.74, 6) is 0.502. The van der Waals surface area contributed by atoms with Crippen molar-refractivity contribution in [2.75, 3.05) is 0 Å². The third kappa shape index (κ3) is 4.52. The molecule has 2 saturated carbocycles. The fraction of sp³-hybridized carbons (Fsp3) is 0.533. The van der Waals surface area contributed by atoms with E-state index in [0.29, 0.717) is 17.9 Å². The first-order valence-corrected chi connectivity index (χ1v) is 12.7. The van der Waals surface area contributed by atoms with Crippen molar-refractivity contribution in [2.24, 2.45) is 34.5 Å². The minimum absolute atomic E-state index is 0.00276. The van der Waals surface area contributed by atoms with Crippen LogP contribution in [0.25, 0.3) is 0 Å². The molecule has 0 amide bonds. The number of hydrogen-bond acceptors (Lipinski definition) is 4. The number of carbonyl (C=O) groups is 2. The van der Waals surface area contributed by atoms with E-state index in [2.05, 4.69) is 27.7 Å². The quantitative estimate of drug-likeness (QED) is 0.451. The Hall–Kier alpha value is -2.62. The fourth-order valence-electron chi connectivity index (χ4n) is 7.44. The molecule has 34 heavy (non-hydrogen) atoms. The summed E-state index contributed by atoms with van der Waals surface area (Å²) in [6, 6.07) is 13.7. The second-order valence-corrected chi connectivity index (χ2v) is 11.7. The Morgan fingerprint density at radius 1 is 0.941 bits per heavy atom. The molecular weight excluding hydrogens is 424 g/mol. The van der Waals surface area contributed by atoms with Gasteiger partial charge >= 0.3 is 0 Å². The molecule has 0 radical (unpaired) electrons. The summed E-state index contributed by atoms with van der Waals surface area (Å²) in [5.41, 5.74) is 1.09. The zero-order valence-electron chi connectivity index (χ0n) is 20.9. The predicted molar refractivity (Wildman–Crippen MR) is 134 cm³/mol. The van der Waals surface area contributed by atoms with Crippen molar-refractivity contribution in [3.8, 4) is 11.5 Å². The van der Waals surface area contributed by atoms with Crippen LogP contribution in [0.2, 0.25) is 0 Å². The summed E-state index contributed by atoms with van der Waals surface area (Å²) < 4.78 is 0. The van der Waals surface area contributed by atoms with Crippen molar-refractivity contribution < 1.29 is 19.8 Å². The first-order valence-electron chi connectivity index (χ1n) is 12.7. The van der Waals surface area contributed by atoms with Gasteiger partial charge in [0.25, 0.3) is 0 Å². The Bertz CT molecular complexity index is 1040. The van der Waals surface area contributed by atoms with Gasteiger partial charge in [-0.25, -0.2) is 0 Å². The molecule has 0 bridgehead atoms. The molecule has 0 unspecified atom stereocenters. The van der Waals surface area contributed by atoms with Gasteiger partial charge in [0.15, 0.2) is 11.6 Å². The minimum Gasteiger partial charge on any atom is -0.508 e. The first kappa shape index (κ1) is 24.5. The number of fused-ring (bicyclic) bond motifs is 1. The molecule has 4 nitrogen and oxygen atoms in total. The number of carbonyl (C=O) groups excluding carboxylic acids is 2. The van der Waals surface area contributed by atoms with Gasteiger partial charge in [0, 0.05) is 29.5 Å². The molecule has 2 N–H and O–H groups in total. The van der Waals surface area contributed by atoms with Crippen molar-refractivity contribution in [1.82, 2.24) is 0 Å². The van der Waals surface area contributed by atoms with Crippen LogP contribution < -0.4 is 0 Å². The number of phenolic OH excluding ortho intramolecular Hbond substituents is 2. The number of rotatable bonds is 6. The summed E-state index contributed by atoms with van der Waals surface area (Å²) >= 11 is 0. The van der Waals surface area contributed by atoms with E-state index in [9.17, 15) is 19.8 Å². The molecule has 2 aromatic rings. The standard InChI is InChI=1S/C30H38O4/c1-19-21(11-12-25(33)20-9-6-5-7-10-20)17-26-29(2,3)13-8-14-30(26,4)27(19)28(34)22-15-23(31)18-24(32)16-22/h5-7,9-10,15-16,18-19,21,26-27,31-32H,8,11-14,17H2,1-4H3/t19-,21+,26+,27-,30+/m1/s1. The second kappa shape index (κ2) is 9.20. The van der Waals surface area contributed by atoms with Crippen molar-refractivity contribution in [3.05, 3.63) is 59.7 Å². The molecule has 0 heterocycles. The number of ketones is 2. The Labute approximate surface area is 203 Å². The lowest BCUT2D eigenvalue weighted by molar-refractivity contribution is -0.103. The van der Waals surface area contributed by atoms with E-state index in [-0.39, 0.29) is 51.6 Å². The normalized spacial score (nSPS) is 30.4. The lowest BCUT2D eigenvalue weighted by atomic mass is 9.43. The minimum atomic E-state index is -0.219. The molecule has 2 fully saturated rings. The van der Waals surface area contributed by atoms with Crippen LogP contribution in [-0.4, -0.2) is 21.8 Å². The average Bonchev–Trinajstić information content (AvgIpc) is 2.77. The Morgan fingerprint density at radius 2 is 1.59 bits per heavy atom. The van der Waals surface area contributed by atoms with Gasteiger partial charge in [-0.1, -0.05) is 64.4 Å². The molecule has 0 aliphatic heterocycles. The van der Waals surface area contributed by atoms with Gasteiger partial charge in [-0.2, -0.15) is 0 Å². The van der Waals surface area contributed by atoms with E-state index in [1.165, 1.54) is 18.2 Å². The van der Waals surface area contributed by atoms with Crippen LogP contribution in [0.4, 0.5) is 0 Å². The number of phenols is 2. The molecule has 2 aliphatic rings. The average molecular weight is 463 g/mol. The Morgan fingerprint density at radius 3 is 2.24 bits per heavy atom. The van der Waals surface area contributed by atoms with Crippen molar-refractivity contribution in [2.45, 2.75) is 66.2 Å². The van der Waals surface area contributed by atoms with Crippen LogP contribution >= 0.6 is 0 Å². The molecule has 0 saturated heterocycles. The van der Waals surface area contributed by atoms with Gasteiger partial charge in [0.1, 0.15) is 11.5 Å². The molecule has 182 valence electrons. The summed E-state index contributed by atoms with van der Waals surface area (Å²) in [6.45, 7) is 9.12. The van der Waals surface area contributed by atoms with Crippen molar-refractivity contribution in [3.63, 3.8) is 0 Å². The zero-order valence-corrected chi connectivity index (χ0v) is 20.9. The van der Waals surface area contributed by atoms with Gasteiger partial charge < -0.3 is 10.2 Å². The van der Waals surface area contributed by atoms with E-state index < -0.39 is 0 Å². The van der Waals surface area contributed by atoms with E-state index in [1.54, 1.807) is 0 Å². The highest BCUT2D eigenvalue weighted by Gasteiger charge is 2.58. The topological polar surface area (TPSA) is 74.6 Å². The third-order valence-electron chi connectivity index (χ3n) is 9.10. The van der Waals surface area contributed by atoms with Crippen LogP contribution in [0, 0.1) is 34.5 Å². The van der Waals surface area contributed by atoms with E-state index in [4.69, 9.17) is 0 Å². The van der Waals surface area contributed by atoms with Gasteiger partial charge in [-0.3, -0.25) is 9.59 Å². The van der Waals surface area contributed by atoms with Gasteiger partial charge in [0.05, 0.1) is 0 Å². The zero-order chi connectivity index (χ0) is 24.7. The Balaban J connectivity index is 1.66. The summed E-state index contributed by atoms with van der Waals surface area (Å²) in [5, 5.41) is 20.1. The summed E-state index contributed by atoms with van der Waals surface area (Å²) in [7, 11) is 0. The highest BCUT2D eigenvalue weighted by Crippen LogP contribution is 2.63. The molecule has 2 aliphatic carbocycles. The largest absolute Gasteiger partial charge is 0.508 e. The van der Waals surface area contributed by atoms with Crippen molar-refractivity contribution >= 4 is 11.6 Å². The Kier molecular flexibility index (Phi) is 6.63. The number of aromatic hydroxyl groups is 2. The SMILES string of the molecule is C[C@@H]1[C@@H](CCC(=O)c2ccccc2)C[C@H]2C(C)(C)CCC[C@]2(C)[C@H]1C(=O)c1cc(O)cc(O)c1. The first-order chi connectivity index (χ1) is 16.0. The smallest absolute Gasteiger partial charge is 0.167 e. The molecule has 4 rings (SSSR count). The fourth-order valence-corrected chi connectivity index (χ4v) is 7.44. The van der Waals surface area contributed by atoms with Gasteiger partial charge in [-0.05, 0) is 66.4 Å². The van der Waals surface area contributed by atoms with Gasteiger partial charge in [-0.15, -0.1) is 0 Å². The van der Waals surface area contributed by atoms with Crippen LogP contribution in [0.15, 0.2) is 48.5 Å². The summed E-state index contributed by atoms with van der Waals surface area (Å²) in [6.07, 6.45) is 5.53. The van der Waals surface area contributed by atoms with E-state index >= 15 is 0 Å². The van der Waals surface area contributed by atoms with E-state index in [1.807, 2.05) is 30.3 Å². The van der Waals surface area contributed by atoms with Gasteiger partial charge in [0.2, 0.25) is 0 Å². The third-order valence-corrected chi connectivity index (χ3v) is 9.10. The molecule has 0 aromatic heterocycles. The lowest BCUT2D eigenvalue weighted by Gasteiger charge is -2.60. The second-order valence-electron chi connectivity index (χ2n) is 11.7. The maximum Gasteiger partial charge on any atom is 0.167 e. The maximum atomic E-state index is 14.0. The highest BCUT2D eigenvalue weighted by atomic mass is 16.3. The van der Waals surface area contributed by atoms with E-state index in [0.717, 1.165) is 37.7 Å². The molecule has 0 spiro atoms.